The Morgan fingerprint density at radius 2 is 1.14 bits per heavy atom. The number of nitroso groups, excluding NO2 is 1. The maximum atomic E-state index is 10.4. The SMILES string of the molecule is O=Nc1ccc2c(c1)Cc1ccccc1-2.c1ccc(SSc2ccccc2)cc1. The van der Waals surface area contributed by atoms with Gasteiger partial charge in [-0.05, 0) is 70.2 Å². The third kappa shape index (κ3) is 4.97. The summed E-state index contributed by atoms with van der Waals surface area (Å²) in [6.45, 7) is 0. The average molecular weight is 414 g/mol. The molecular formula is C25H19NOS2. The minimum atomic E-state index is 0.515. The Kier molecular flexibility index (Phi) is 6.45. The Hall–Kier alpha value is -2.82. The van der Waals surface area contributed by atoms with Crippen molar-refractivity contribution in [3.8, 4) is 11.1 Å². The maximum Gasteiger partial charge on any atom is 0.108 e. The molecule has 4 aromatic carbocycles. The third-order valence-corrected chi connectivity index (χ3v) is 7.02. The van der Waals surface area contributed by atoms with E-state index in [0.717, 1.165) is 6.42 Å². The zero-order chi connectivity index (χ0) is 19.9. The molecule has 0 spiro atoms. The minimum Gasteiger partial charge on any atom is -0.145 e. The lowest BCUT2D eigenvalue weighted by molar-refractivity contribution is 1.26. The van der Waals surface area contributed by atoms with Crippen molar-refractivity contribution in [1.82, 2.24) is 0 Å². The fourth-order valence-electron chi connectivity index (χ4n) is 3.24. The number of fused-ring (bicyclic) bond motifs is 3. The van der Waals surface area contributed by atoms with E-state index in [4.69, 9.17) is 0 Å². The molecule has 0 bridgehead atoms. The van der Waals surface area contributed by atoms with Gasteiger partial charge < -0.3 is 0 Å². The predicted molar refractivity (Wildman–Crippen MR) is 125 cm³/mol. The van der Waals surface area contributed by atoms with Gasteiger partial charge in [-0.1, -0.05) is 88.3 Å². The zero-order valence-corrected chi connectivity index (χ0v) is 17.3. The van der Waals surface area contributed by atoms with Crippen molar-refractivity contribution in [3.63, 3.8) is 0 Å². The van der Waals surface area contributed by atoms with Crippen LogP contribution >= 0.6 is 21.6 Å². The molecule has 0 amide bonds. The molecule has 0 heterocycles. The van der Waals surface area contributed by atoms with Crippen LogP contribution in [0.25, 0.3) is 11.1 Å². The Morgan fingerprint density at radius 1 is 0.586 bits per heavy atom. The topological polar surface area (TPSA) is 29.4 Å². The standard InChI is InChI=1S/C13H9NO.C12H10S2/c15-14-11-5-6-13-10(8-11)7-9-3-1-2-4-12(9)13;1-3-7-11(8-4-1)13-14-12-9-5-2-6-10-12/h1-6,8H,7H2;1-10H. The van der Waals surface area contributed by atoms with Crippen LogP contribution in [0.15, 0.2) is 118 Å². The molecule has 29 heavy (non-hydrogen) atoms. The van der Waals surface area contributed by atoms with Crippen molar-refractivity contribution in [3.05, 3.63) is 119 Å². The van der Waals surface area contributed by atoms with Crippen LogP contribution in [0.4, 0.5) is 5.69 Å². The second-order valence-corrected chi connectivity index (χ2v) is 8.84. The molecular weight excluding hydrogens is 394 g/mol. The molecule has 1 aliphatic carbocycles. The van der Waals surface area contributed by atoms with Crippen molar-refractivity contribution >= 4 is 27.3 Å². The van der Waals surface area contributed by atoms with Crippen LogP contribution in [0, 0.1) is 4.91 Å². The Morgan fingerprint density at radius 3 is 1.76 bits per heavy atom. The molecule has 0 fully saturated rings. The van der Waals surface area contributed by atoms with E-state index < -0.39 is 0 Å². The van der Waals surface area contributed by atoms with Crippen molar-refractivity contribution in [1.29, 1.82) is 0 Å². The lowest BCUT2D eigenvalue weighted by atomic mass is 10.1. The first-order valence-corrected chi connectivity index (χ1v) is 11.5. The summed E-state index contributed by atoms with van der Waals surface area (Å²) in [6, 6.07) is 34.8. The minimum absolute atomic E-state index is 0.515. The highest BCUT2D eigenvalue weighted by Gasteiger charge is 2.17. The van der Waals surface area contributed by atoms with Gasteiger partial charge in [-0.25, -0.2) is 0 Å². The van der Waals surface area contributed by atoms with E-state index in [1.54, 1.807) is 27.7 Å². The predicted octanol–water partition coefficient (Wildman–Crippen LogP) is 8.14. The Labute approximate surface area is 178 Å². The van der Waals surface area contributed by atoms with E-state index >= 15 is 0 Å². The Bertz CT molecular complexity index is 1060. The van der Waals surface area contributed by atoms with E-state index in [-0.39, 0.29) is 0 Å². The van der Waals surface area contributed by atoms with Crippen LogP contribution in [-0.2, 0) is 6.42 Å². The van der Waals surface area contributed by atoms with E-state index in [2.05, 4.69) is 65.8 Å². The van der Waals surface area contributed by atoms with E-state index in [1.807, 2.05) is 36.4 Å². The first-order chi connectivity index (χ1) is 14.3. The lowest BCUT2D eigenvalue weighted by Gasteiger charge is -1.99. The molecule has 4 heteroatoms. The molecule has 4 aromatic rings. The number of hydrogen-bond acceptors (Lipinski definition) is 4. The van der Waals surface area contributed by atoms with Gasteiger partial charge in [0, 0.05) is 9.79 Å². The van der Waals surface area contributed by atoms with Crippen LogP contribution in [-0.4, -0.2) is 0 Å². The van der Waals surface area contributed by atoms with Gasteiger partial charge in [-0.2, -0.15) is 0 Å². The molecule has 5 rings (SSSR count). The molecule has 0 aromatic heterocycles. The van der Waals surface area contributed by atoms with Gasteiger partial charge in [-0.3, -0.25) is 0 Å². The highest BCUT2D eigenvalue weighted by atomic mass is 33.1. The van der Waals surface area contributed by atoms with Gasteiger partial charge in [-0.15, -0.1) is 4.91 Å². The van der Waals surface area contributed by atoms with Gasteiger partial charge in [0.05, 0.1) is 0 Å². The van der Waals surface area contributed by atoms with Crippen LogP contribution in [0.1, 0.15) is 11.1 Å². The fraction of sp³-hybridized carbons (Fsp3) is 0.0400. The monoisotopic (exact) mass is 413 g/mol. The second kappa shape index (κ2) is 9.59. The molecule has 0 unspecified atom stereocenters. The lowest BCUT2D eigenvalue weighted by Crippen LogP contribution is -1.78. The van der Waals surface area contributed by atoms with E-state index in [1.165, 1.54) is 32.0 Å². The summed E-state index contributed by atoms with van der Waals surface area (Å²) in [5.41, 5.74) is 5.56. The largest absolute Gasteiger partial charge is 0.145 e. The van der Waals surface area contributed by atoms with Crippen LogP contribution < -0.4 is 0 Å². The van der Waals surface area contributed by atoms with Crippen LogP contribution in [0.2, 0.25) is 0 Å². The summed E-state index contributed by atoms with van der Waals surface area (Å²) < 4.78 is 0. The zero-order valence-electron chi connectivity index (χ0n) is 15.7. The van der Waals surface area contributed by atoms with Crippen molar-refractivity contribution in [2.75, 3.05) is 0 Å². The number of benzene rings is 4. The molecule has 142 valence electrons. The quantitative estimate of drug-likeness (QED) is 0.220. The average Bonchev–Trinajstić information content (AvgIpc) is 3.17. The highest BCUT2D eigenvalue weighted by Crippen LogP contribution is 2.38. The summed E-state index contributed by atoms with van der Waals surface area (Å²) >= 11 is 0. The summed E-state index contributed by atoms with van der Waals surface area (Å²) in [7, 11) is 3.58. The molecule has 0 aliphatic heterocycles. The molecule has 0 saturated carbocycles. The van der Waals surface area contributed by atoms with Crippen LogP contribution in [0.3, 0.4) is 0 Å². The van der Waals surface area contributed by atoms with Gasteiger partial charge >= 0.3 is 0 Å². The summed E-state index contributed by atoms with van der Waals surface area (Å²) in [5.74, 6) is 0. The fourth-order valence-corrected chi connectivity index (χ4v) is 5.21. The molecule has 1 aliphatic rings. The molecule has 0 radical (unpaired) electrons. The van der Waals surface area contributed by atoms with Gasteiger partial charge in [0.25, 0.3) is 0 Å². The normalized spacial score (nSPS) is 11.0. The van der Waals surface area contributed by atoms with Crippen molar-refractivity contribution < 1.29 is 0 Å². The second-order valence-electron chi connectivity index (χ2n) is 6.56. The number of rotatable bonds is 4. The molecule has 0 N–H and O–H groups in total. The smallest absolute Gasteiger partial charge is 0.108 e. The van der Waals surface area contributed by atoms with Gasteiger partial charge in [0.2, 0.25) is 0 Å². The number of hydrogen-bond donors (Lipinski definition) is 0. The summed E-state index contributed by atoms with van der Waals surface area (Å²) in [6.07, 6.45) is 0.912. The summed E-state index contributed by atoms with van der Waals surface area (Å²) in [4.78, 5) is 13.0. The number of nitrogens with zero attached hydrogens (tertiary/aromatic N) is 1. The Balaban J connectivity index is 0.000000142. The van der Waals surface area contributed by atoms with Crippen molar-refractivity contribution in [2.24, 2.45) is 5.18 Å². The molecule has 0 saturated heterocycles. The summed E-state index contributed by atoms with van der Waals surface area (Å²) in [5, 5.41) is 2.96. The van der Waals surface area contributed by atoms with Crippen LogP contribution in [0.5, 0.6) is 0 Å². The highest BCUT2D eigenvalue weighted by molar-refractivity contribution is 8.76. The molecule has 0 atom stereocenters. The third-order valence-electron chi connectivity index (χ3n) is 4.60. The van der Waals surface area contributed by atoms with E-state index in [0.29, 0.717) is 5.69 Å². The maximum absolute atomic E-state index is 10.4. The molecule has 2 nitrogen and oxygen atoms in total. The first kappa shape index (κ1) is 19.5. The van der Waals surface area contributed by atoms with Crippen molar-refractivity contribution in [2.45, 2.75) is 16.2 Å². The van der Waals surface area contributed by atoms with Gasteiger partial charge in [0.15, 0.2) is 0 Å². The first-order valence-electron chi connectivity index (χ1n) is 9.32. The van der Waals surface area contributed by atoms with Gasteiger partial charge in [0.1, 0.15) is 5.69 Å². The van der Waals surface area contributed by atoms with E-state index in [9.17, 15) is 4.91 Å².